The number of nitrogens with zero attached hydrogens (tertiary/aromatic N) is 5. The fourth-order valence-corrected chi connectivity index (χ4v) is 5.22. The summed E-state index contributed by atoms with van der Waals surface area (Å²) in [5.41, 5.74) is 2.20. The predicted octanol–water partition coefficient (Wildman–Crippen LogP) is 2.85. The molecular weight excluding hydrogens is 420 g/mol. The molecule has 156 valence electrons. The van der Waals surface area contributed by atoms with E-state index in [0.717, 1.165) is 5.56 Å². The van der Waals surface area contributed by atoms with E-state index in [1.165, 1.54) is 20.7 Å². The van der Waals surface area contributed by atoms with Gasteiger partial charge in [0.05, 0.1) is 16.5 Å². The Morgan fingerprint density at radius 3 is 2.47 bits per heavy atom. The van der Waals surface area contributed by atoms with Crippen LogP contribution in [-0.2, 0) is 15.8 Å². The van der Waals surface area contributed by atoms with Crippen LogP contribution in [0.15, 0.2) is 58.6 Å². The van der Waals surface area contributed by atoms with Crippen LogP contribution < -0.4 is 5.84 Å². The molecule has 0 aliphatic heterocycles. The van der Waals surface area contributed by atoms with E-state index in [0.29, 0.717) is 41.0 Å². The van der Waals surface area contributed by atoms with Crippen LogP contribution >= 0.6 is 11.8 Å². The highest BCUT2D eigenvalue weighted by atomic mass is 32.2. The number of thioether (sulfide) groups is 1. The molecule has 1 heterocycles. The number of nitrogen functional groups attached to an aromatic ring is 1. The van der Waals surface area contributed by atoms with E-state index in [2.05, 4.69) is 16.3 Å². The topological polar surface area (TPSA) is 118 Å². The van der Waals surface area contributed by atoms with Crippen molar-refractivity contribution in [1.82, 2.24) is 19.2 Å². The van der Waals surface area contributed by atoms with Crippen LogP contribution in [0.3, 0.4) is 0 Å². The molecule has 0 bridgehead atoms. The minimum absolute atomic E-state index is 0.193. The summed E-state index contributed by atoms with van der Waals surface area (Å²) in [4.78, 5) is 0.193. The lowest BCUT2D eigenvalue weighted by molar-refractivity contribution is 0.445. The van der Waals surface area contributed by atoms with Gasteiger partial charge in [0.15, 0.2) is 5.82 Å². The quantitative estimate of drug-likeness (QED) is 0.421. The van der Waals surface area contributed by atoms with Gasteiger partial charge in [0.2, 0.25) is 15.2 Å². The summed E-state index contributed by atoms with van der Waals surface area (Å²) < 4.78 is 28.4. The summed E-state index contributed by atoms with van der Waals surface area (Å²) in [6.07, 6.45) is 0. The Morgan fingerprint density at radius 2 is 1.83 bits per heavy atom. The van der Waals surface area contributed by atoms with Gasteiger partial charge in [0.1, 0.15) is 0 Å². The third kappa shape index (κ3) is 4.48. The predicted molar refractivity (Wildman–Crippen MR) is 116 cm³/mol. The molecule has 0 radical (unpaired) electrons. The van der Waals surface area contributed by atoms with E-state index in [1.807, 2.05) is 12.1 Å². The minimum atomic E-state index is -3.58. The first-order chi connectivity index (χ1) is 14.4. The van der Waals surface area contributed by atoms with Crippen LogP contribution in [-0.4, -0.2) is 40.7 Å². The van der Waals surface area contributed by atoms with Crippen molar-refractivity contribution in [3.63, 3.8) is 0 Å². The number of rotatable bonds is 8. The van der Waals surface area contributed by atoms with Crippen LogP contribution in [0.1, 0.15) is 25.0 Å². The molecule has 3 rings (SSSR count). The molecule has 8 nitrogen and oxygen atoms in total. The summed E-state index contributed by atoms with van der Waals surface area (Å²) in [6, 6.07) is 15.9. The molecule has 0 atom stereocenters. The third-order valence-electron chi connectivity index (χ3n) is 4.55. The summed E-state index contributed by atoms with van der Waals surface area (Å²) in [5, 5.41) is 17.7. The Labute approximate surface area is 180 Å². The molecule has 0 amide bonds. The lowest BCUT2D eigenvalue weighted by atomic mass is 10.2. The second kappa shape index (κ2) is 9.30. The molecule has 30 heavy (non-hydrogen) atoms. The molecular formula is C20H22N6O2S2. The number of benzene rings is 2. The van der Waals surface area contributed by atoms with Crippen LogP contribution in [0.25, 0.3) is 11.4 Å². The van der Waals surface area contributed by atoms with Gasteiger partial charge >= 0.3 is 0 Å². The van der Waals surface area contributed by atoms with Crippen LogP contribution in [0.5, 0.6) is 0 Å². The molecule has 0 unspecified atom stereocenters. The number of sulfonamides is 1. The van der Waals surface area contributed by atoms with Crippen LogP contribution in [0, 0.1) is 11.3 Å². The average Bonchev–Trinajstić information content (AvgIpc) is 3.13. The first-order valence-electron chi connectivity index (χ1n) is 9.33. The fraction of sp³-hybridized carbons (Fsp3) is 0.250. The van der Waals surface area contributed by atoms with E-state index in [1.54, 1.807) is 50.2 Å². The Morgan fingerprint density at radius 1 is 1.13 bits per heavy atom. The first-order valence-corrected chi connectivity index (χ1v) is 11.8. The molecule has 0 spiro atoms. The van der Waals surface area contributed by atoms with Gasteiger partial charge in [0.25, 0.3) is 0 Å². The standard InChI is InChI=1S/C20H22N6O2S2/c1-3-25(4-2)30(27,28)18-7-5-6-17(12-18)19-23-24-20(26(19)22)29-14-16-10-8-15(13-21)9-11-16/h5-12H,3-4,14,22H2,1-2H3. The largest absolute Gasteiger partial charge is 0.335 e. The van der Waals surface area contributed by atoms with Crippen molar-refractivity contribution in [1.29, 1.82) is 5.26 Å². The smallest absolute Gasteiger partial charge is 0.243 e. The molecule has 0 saturated heterocycles. The maximum Gasteiger partial charge on any atom is 0.243 e. The zero-order valence-corrected chi connectivity index (χ0v) is 18.3. The van der Waals surface area contributed by atoms with Gasteiger partial charge in [0, 0.05) is 24.4 Å². The molecule has 0 aliphatic carbocycles. The Hall–Kier alpha value is -2.87. The summed E-state index contributed by atoms with van der Waals surface area (Å²) >= 11 is 1.41. The number of nitriles is 1. The number of hydrogen-bond acceptors (Lipinski definition) is 7. The Balaban J connectivity index is 1.82. The number of aromatic nitrogens is 3. The van der Waals surface area contributed by atoms with Crippen molar-refractivity contribution in [2.75, 3.05) is 18.9 Å². The average molecular weight is 443 g/mol. The molecule has 2 aromatic carbocycles. The van der Waals surface area contributed by atoms with Crippen molar-refractivity contribution < 1.29 is 8.42 Å². The van der Waals surface area contributed by atoms with Gasteiger partial charge in [-0.15, -0.1) is 10.2 Å². The van der Waals surface area contributed by atoms with Crippen molar-refractivity contribution in [2.45, 2.75) is 29.7 Å². The SMILES string of the molecule is CCN(CC)S(=O)(=O)c1cccc(-c2nnc(SCc3ccc(C#N)cc3)n2N)c1. The molecule has 0 aliphatic rings. The third-order valence-corrected chi connectivity index (χ3v) is 7.61. The van der Waals surface area contributed by atoms with Gasteiger partial charge in [-0.25, -0.2) is 13.1 Å². The van der Waals surface area contributed by atoms with Crippen molar-refractivity contribution in [3.8, 4) is 17.5 Å². The highest BCUT2D eigenvalue weighted by Gasteiger charge is 2.23. The van der Waals surface area contributed by atoms with E-state index < -0.39 is 10.0 Å². The summed E-state index contributed by atoms with van der Waals surface area (Å²) in [7, 11) is -3.58. The van der Waals surface area contributed by atoms with Gasteiger partial charge in [-0.05, 0) is 29.8 Å². The zero-order valence-electron chi connectivity index (χ0n) is 16.7. The van der Waals surface area contributed by atoms with Gasteiger partial charge in [-0.3, -0.25) is 0 Å². The number of hydrogen-bond donors (Lipinski definition) is 1. The molecule has 3 aromatic rings. The van der Waals surface area contributed by atoms with Crippen molar-refractivity contribution in [2.24, 2.45) is 0 Å². The normalized spacial score (nSPS) is 11.5. The Bertz CT molecular complexity index is 1160. The molecule has 0 saturated carbocycles. The lowest BCUT2D eigenvalue weighted by Crippen LogP contribution is -2.30. The van der Waals surface area contributed by atoms with E-state index in [4.69, 9.17) is 11.1 Å². The van der Waals surface area contributed by atoms with E-state index in [9.17, 15) is 8.42 Å². The zero-order chi connectivity index (χ0) is 21.7. The molecule has 10 heteroatoms. The fourth-order valence-electron chi connectivity index (χ4n) is 2.90. The summed E-state index contributed by atoms with van der Waals surface area (Å²) in [5.74, 6) is 7.18. The van der Waals surface area contributed by atoms with E-state index in [-0.39, 0.29) is 4.90 Å². The number of nitrogens with two attached hydrogens (primary N) is 1. The minimum Gasteiger partial charge on any atom is -0.335 e. The second-order valence-corrected chi connectivity index (χ2v) is 9.27. The molecule has 2 N–H and O–H groups in total. The maximum absolute atomic E-state index is 12.8. The van der Waals surface area contributed by atoms with Gasteiger partial charge in [-0.1, -0.05) is 49.9 Å². The maximum atomic E-state index is 12.8. The van der Waals surface area contributed by atoms with Crippen molar-refractivity contribution >= 4 is 21.8 Å². The monoisotopic (exact) mass is 442 g/mol. The highest BCUT2D eigenvalue weighted by Crippen LogP contribution is 2.26. The molecule has 1 aromatic heterocycles. The highest BCUT2D eigenvalue weighted by molar-refractivity contribution is 7.98. The van der Waals surface area contributed by atoms with Gasteiger partial charge < -0.3 is 5.84 Å². The molecule has 0 fully saturated rings. The van der Waals surface area contributed by atoms with Gasteiger partial charge in [-0.2, -0.15) is 9.57 Å². The van der Waals surface area contributed by atoms with E-state index >= 15 is 0 Å². The lowest BCUT2D eigenvalue weighted by Gasteiger charge is -2.18. The Kier molecular flexibility index (Phi) is 6.77. The first kappa shape index (κ1) is 21.8. The van der Waals surface area contributed by atoms with Crippen LogP contribution in [0.4, 0.5) is 0 Å². The van der Waals surface area contributed by atoms with Crippen LogP contribution in [0.2, 0.25) is 0 Å². The second-order valence-electron chi connectivity index (χ2n) is 6.39. The van der Waals surface area contributed by atoms with Crippen molar-refractivity contribution in [3.05, 3.63) is 59.7 Å². The summed E-state index contributed by atoms with van der Waals surface area (Å²) in [6.45, 7) is 4.40.